The van der Waals surface area contributed by atoms with Crippen LogP contribution in [-0.2, 0) is 11.4 Å². The topological polar surface area (TPSA) is 98.4 Å². The summed E-state index contributed by atoms with van der Waals surface area (Å²) in [6, 6.07) is 9.38. The predicted molar refractivity (Wildman–Crippen MR) is 79.0 cm³/mol. The summed E-state index contributed by atoms with van der Waals surface area (Å²) in [5.74, 6) is 0. The lowest BCUT2D eigenvalue weighted by atomic mass is 10.0. The molecule has 1 aromatic heterocycles. The minimum atomic E-state index is -0.541. The Morgan fingerprint density at radius 1 is 1.27 bits per heavy atom. The Kier molecular flexibility index (Phi) is 4.19. The number of nitrogens with zero attached hydrogens (tertiary/aromatic N) is 1. The lowest BCUT2D eigenvalue weighted by molar-refractivity contribution is -0.178. The van der Waals surface area contributed by atoms with E-state index in [0.29, 0.717) is 18.5 Å². The number of benzene rings is 1. The molecule has 0 saturated carbocycles. The van der Waals surface area contributed by atoms with E-state index in [1.54, 1.807) is 5.06 Å². The van der Waals surface area contributed by atoms with Crippen LogP contribution < -0.4 is 11.2 Å². The van der Waals surface area contributed by atoms with Crippen LogP contribution >= 0.6 is 0 Å². The van der Waals surface area contributed by atoms with Crippen molar-refractivity contribution in [2.24, 2.45) is 0 Å². The number of hydroxylamine groups is 2. The van der Waals surface area contributed by atoms with E-state index in [-0.39, 0.29) is 18.8 Å². The highest BCUT2D eigenvalue weighted by Gasteiger charge is 2.35. The molecule has 2 heterocycles. The lowest BCUT2D eigenvalue weighted by Crippen LogP contribution is -2.31. The van der Waals surface area contributed by atoms with Crippen molar-refractivity contribution >= 4 is 0 Å². The monoisotopic (exact) mass is 303 g/mol. The SMILES string of the molecule is O=c1[nH]cc([C@@H]2C[C@@H](CO)ON2Cc2ccccc2)c(=O)[nH]1. The van der Waals surface area contributed by atoms with Gasteiger partial charge in [0, 0.05) is 19.2 Å². The van der Waals surface area contributed by atoms with E-state index in [9.17, 15) is 14.7 Å². The molecule has 0 radical (unpaired) electrons. The largest absolute Gasteiger partial charge is 0.394 e. The van der Waals surface area contributed by atoms with E-state index >= 15 is 0 Å². The fourth-order valence-electron chi connectivity index (χ4n) is 2.64. The summed E-state index contributed by atoms with van der Waals surface area (Å²) in [6.45, 7) is 0.365. The molecule has 2 aromatic rings. The molecular formula is C15H17N3O4. The fraction of sp³-hybridized carbons (Fsp3) is 0.333. The highest BCUT2D eigenvalue weighted by atomic mass is 16.7. The molecule has 0 unspecified atom stereocenters. The van der Waals surface area contributed by atoms with Crippen LogP contribution in [0, 0.1) is 0 Å². The van der Waals surface area contributed by atoms with Gasteiger partial charge < -0.3 is 10.1 Å². The van der Waals surface area contributed by atoms with Gasteiger partial charge in [0.25, 0.3) is 5.56 Å². The van der Waals surface area contributed by atoms with E-state index in [2.05, 4.69) is 9.97 Å². The highest BCUT2D eigenvalue weighted by Crippen LogP contribution is 2.33. The van der Waals surface area contributed by atoms with Crippen molar-refractivity contribution in [1.29, 1.82) is 0 Å². The summed E-state index contributed by atoms with van der Waals surface area (Å²) in [6.07, 6.45) is 1.53. The van der Waals surface area contributed by atoms with Gasteiger partial charge in [0.1, 0.15) is 6.10 Å². The van der Waals surface area contributed by atoms with Crippen molar-refractivity contribution < 1.29 is 9.94 Å². The number of aromatic nitrogens is 2. The van der Waals surface area contributed by atoms with Gasteiger partial charge in [-0.15, -0.1) is 0 Å². The second kappa shape index (κ2) is 6.27. The maximum absolute atomic E-state index is 12.0. The summed E-state index contributed by atoms with van der Waals surface area (Å²) in [4.78, 5) is 33.6. The molecule has 7 heteroatoms. The zero-order valence-corrected chi connectivity index (χ0v) is 11.9. The van der Waals surface area contributed by atoms with Gasteiger partial charge in [-0.05, 0) is 5.56 Å². The van der Waals surface area contributed by atoms with Crippen molar-refractivity contribution in [3.63, 3.8) is 0 Å². The molecule has 7 nitrogen and oxygen atoms in total. The summed E-state index contributed by atoms with van der Waals surface area (Å²) in [5.41, 5.74) is 0.480. The molecule has 0 spiro atoms. The number of aliphatic hydroxyl groups excluding tert-OH is 1. The van der Waals surface area contributed by atoms with E-state index in [0.717, 1.165) is 5.56 Å². The first-order valence-corrected chi connectivity index (χ1v) is 7.07. The minimum Gasteiger partial charge on any atom is -0.394 e. The summed E-state index contributed by atoms with van der Waals surface area (Å²) in [5, 5.41) is 11.0. The summed E-state index contributed by atoms with van der Waals surface area (Å²) >= 11 is 0. The predicted octanol–water partition coefficient (Wildman–Crippen LogP) is 0.303. The Morgan fingerprint density at radius 3 is 2.73 bits per heavy atom. The van der Waals surface area contributed by atoms with E-state index in [1.807, 2.05) is 30.3 Å². The first-order valence-electron chi connectivity index (χ1n) is 7.07. The first-order chi connectivity index (χ1) is 10.7. The van der Waals surface area contributed by atoms with Gasteiger partial charge in [-0.25, -0.2) is 4.79 Å². The van der Waals surface area contributed by atoms with Gasteiger partial charge in [-0.1, -0.05) is 30.3 Å². The van der Waals surface area contributed by atoms with Crippen LogP contribution in [0.25, 0.3) is 0 Å². The van der Waals surface area contributed by atoms with Crippen LogP contribution in [0.15, 0.2) is 46.1 Å². The number of nitrogens with one attached hydrogen (secondary N) is 2. The molecule has 3 rings (SSSR count). The number of aromatic amines is 2. The van der Waals surface area contributed by atoms with Crippen LogP contribution in [0.5, 0.6) is 0 Å². The first kappa shape index (κ1) is 14.7. The molecule has 2 atom stereocenters. The average molecular weight is 303 g/mol. The molecule has 1 aliphatic heterocycles. The smallest absolute Gasteiger partial charge is 0.325 e. The van der Waals surface area contributed by atoms with Crippen LogP contribution in [0.4, 0.5) is 0 Å². The van der Waals surface area contributed by atoms with Crippen molar-refractivity contribution in [2.75, 3.05) is 6.61 Å². The normalized spacial score (nSPS) is 22.0. The fourth-order valence-corrected chi connectivity index (χ4v) is 2.64. The van der Waals surface area contributed by atoms with Crippen molar-refractivity contribution in [2.45, 2.75) is 25.1 Å². The zero-order chi connectivity index (χ0) is 15.5. The van der Waals surface area contributed by atoms with Crippen LogP contribution in [0.3, 0.4) is 0 Å². The van der Waals surface area contributed by atoms with E-state index < -0.39 is 11.2 Å². The standard InChI is InChI=1S/C15H17N3O4/c19-9-11-6-13(12-7-16-15(21)17-14(12)20)18(22-11)8-10-4-2-1-3-5-10/h1-5,7,11,13,19H,6,8-9H2,(H2,16,17,20,21)/t11-,13-/m0/s1. The van der Waals surface area contributed by atoms with Gasteiger partial charge >= 0.3 is 5.69 Å². The molecule has 22 heavy (non-hydrogen) atoms. The molecule has 0 bridgehead atoms. The molecule has 1 fully saturated rings. The summed E-state index contributed by atoms with van der Waals surface area (Å²) < 4.78 is 0. The Morgan fingerprint density at radius 2 is 2.05 bits per heavy atom. The second-order valence-corrected chi connectivity index (χ2v) is 5.25. The second-order valence-electron chi connectivity index (χ2n) is 5.25. The molecule has 1 saturated heterocycles. The average Bonchev–Trinajstić information content (AvgIpc) is 2.91. The van der Waals surface area contributed by atoms with E-state index in [1.165, 1.54) is 6.20 Å². The zero-order valence-electron chi connectivity index (χ0n) is 11.9. The molecule has 1 aliphatic rings. The third kappa shape index (κ3) is 3.01. The van der Waals surface area contributed by atoms with Gasteiger partial charge in [0.2, 0.25) is 0 Å². The van der Waals surface area contributed by atoms with Gasteiger partial charge in [0.15, 0.2) is 0 Å². The lowest BCUT2D eigenvalue weighted by Gasteiger charge is -2.22. The van der Waals surface area contributed by atoms with Crippen molar-refractivity contribution in [3.8, 4) is 0 Å². The Bertz CT molecular complexity index is 740. The quantitative estimate of drug-likeness (QED) is 0.755. The Hall–Kier alpha value is -2.22. The molecule has 1 aromatic carbocycles. The van der Waals surface area contributed by atoms with Crippen LogP contribution in [0.1, 0.15) is 23.6 Å². The molecule has 3 N–H and O–H groups in total. The van der Waals surface area contributed by atoms with Gasteiger partial charge in [0.05, 0.1) is 18.2 Å². The summed E-state index contributed by atoms with van der Waals surface area (Å²) in [7, 11) is 0. The number of hydrogen-bond acceptors (Lipinski definition) is 5. The number of H-pyrrole nitrogens is 2. The maximum Gasteiger partial charge on any atom is 0.325 e. The third-order valence-corrected chi connectivity index (χ3v) is 3.71. The molecular weight excluding hydrogens is 286 g/mol. The molecule has 116 valence electrons. The van der Waals surface area contributed by atoms with E-state index in [4.69, 9.17) is 4.84 Å². The van der Waals surface area contributed by atoms with Gasteiger partial charge in [-0.2, -0.15) is 5.06 Å². The Balaban J connectivity index is 1.89. The third-order valence-electron chi connectivity index (χ3n) is 3.71. The van der Waals surface area contributed by atoms with Gasteiger partial charge in [-0.3, -0.25) is 14.6 Å². The number of aliphatic hydroxyl groups is 1. The van der Waals surface area contributed by atoms with Crippen molar-refractivity contribution in [3.05, 3.63) is 68.5 Å². The maximum atomic E-state index is 12.0. The minimum absolute atomic E-state index is 0.122. The Labute approximate surface area is 126 Å². The van der Waals surface area contributed by atoms with Crippen molar-refractivity contribution in [1.82, 2.24) is 15.0 Å². The molecule has 0 aliphatic carbocycles. The number of hydrogen-bond donors (Lipinski definition) is 3. The number of rotatable bonds is 4. The van der Waals surface area contributed by atoms with Crippen LogP contribution in [-0.4, -0.2) is 32.8 Å². The highest BCUT2D eigenvalue weighted by molar-refractivity contribution is 5.16. The van der Waals surface area contributed by atoms with Crippen LogP contribution in [0.2, 0.25) is 0 Å². The molecule has 0 amide bonds.